The minimum Gasteiger partial charge on any atom is -0.370 e. The van der Waals surface area contributed by atoms with Crippen molar-refractivity contribution in [2.75, 3.05) is 19.8 Å². The Hall–Kier alpha value is -1.55. The molecule has 0 fully saturated rings. The van der Waals surface area contributed by atoms with Gasteiger partial charge in [-0.3, -0.25) is 5.32 Å². The molecule has 4 N–H and O–H groups in total. The topological polar surface area (TPSA) is 62.4 Å². The first-order valence-electron chi connectivity index (χ1n) is 10.4. The maximum atomic E-state index is 5.99. The molecule has 1 aliphatic rings. The van der Waals surface area contributed by atoms with E-state index in [2.05, 4.69) is 81.5 Å². The van der Waals surface area contributed by atoms with Gasteiger partial charge >= 0.3 is 0 Å². The lowest BCUT2D eigenvalue weighted by molar-refractivity contribution is 0.223. The smallest absolute Gasteiger partial charge is 0.189 e. The number of nitrogens with two attached hydrogens (primary N) is 1. The SMILES string of the molecule is CCC(C)(C)CCC(C)(C)CCN/C(N)=N/CNCC1=CCC=C(C)C=C1. The predicted octanol–water partition coefficient (Wildman–Crippen LogP) is 4.90. The van der Waals surface area contributed by atoms with Crippen molar-refractivity contribution in [2.45, 2.75) is 73.6 Å². The number of hydrogen-bond donors (Lipinski definition) is 3. The van der Waals surface area contributed by atoms with E-state index in [9.17, 15) is 0 Å². The molecule has 27 heavy (non-hydrogen) atoms. The third kappa shape index (κ3) is 11.0. The summed E-state index contributed by atoms with van der Waals surface area (Å²) in [7, 11) is 0. The van der Waals surface area contributed by atoms with Crippen LogP contribution in [0.1, 0.15) is 73.6 Å². The lowest BCUT2D eigenvalue weighted by Crippen LogP contribution is -2.35. The molecule has 0 aromatic heterocycles. The number of rotatable bonds is 11. The molecule has 0 atom stereocenters. The summed E-state index contributed by atoms with van der Waals surface area (Å²) >= 11 is 0. The normalized spacial score (nSPS) is 16.0. The predicted molar refractivity (Wildman–Crippen MR) is 120 cm³/mol. The molecule has 0 radical (unpaired) electrons. The Bertz CT molecular complexity index is 565. The molecule has 0 amide bonds. The van der Waals surface area contributed by atoms with Gasteiger partial charge in [0.1, 0.15) is 0 Å². The minimum atomic E-state index is 0.322. The summed E-state index contributed by atoms with van der Waals surface area (Å²) in [6, 6.07) is 0. The molecule has 0 aromatic carbocycles. The molecule has 0 spiro atoms. The van der Waals surface area contributed by atoms with Gasteiger partial charge in [0, 0.05) is 13.1 Å². The molecule has 4 nitrogen and oxygen atoms in total. The Kier molecular flexibility index (Phi) is 9.86. The van der Waals surface area contributed by atoms with E-state index in [4.69, 9.17) is 5.73 Å². The van der Waals surface area contributed by atoms with Crippen molar-refractivity contribution in [1.29, 1.82) is 0 Å². The zero-order valence-electron chi connectivity index (χ0n) is 18.5. The summed E-state index contributed by atoms with van der Waals surface area (Å²) in [4.78, 5) is 4.37. The molecule has 4 heteroatoms. The highest BCUT2D eigenvalue weighted by atomic mass is 15.1. The highest BCUT2D eigenvalue weighted by Gasteiger charge is 2.22. The first-order chi connectivity index (χ1) is 12.6. The molecule has 0 unspecified atom stereocenters. The molecule has 1 aliphatic carbocycles. The van der Waals surface area contributed by atoms with Crippen LogP contribution in [0.5, 0.6) is 0 Å². The summed E-state index contributed by atoms with van der Waals surface area (Å²) in [6.07, 6.45) is 14.6. The number of hydrogen-bond acceptors (Lipinski definition) is 2. The van der Waals surface area contributed by atoms with Crippen molar-refractivity contribution in [2.24, 2.45) is 21.6 Å². The van der Waals surface area contributed by atoms with E-state index in [1.54, 1.807) is 0 Å². The van der Waals surface area contributed by atoms with Crippen molar-refractivity contribution in [3.05, 3.63) is 35.5 Å². The van der Waals surface area contributed by atoms with Crippen molar-refractivity contribution >= 4 is 5.96 Å². The first kappa shape index (κ1) is 23.5. The average molecular weight is 375 g/mol. The van der Waals surface area contributed by atoms with Crippen molar-refractivity contribution < 1.29 is 0 Å². The van der Waals surface area contributed by atoms with Gasteiger partial charge in [0.15, 0.2) is 5.96 Å². The Balaban J connectivity index is 2.23. The van der Waals surface area contributed by atoms with Gasteiger partial charge in [-0.2, -0.15) is 0 Å². The van der Waals surface area contributed by atoms with Gasteiger partial charge in [-0.1, -0.05) is 70.9 Å². The van der Waals surface area contributed by atoms with Crippen molar-refractivity contribution in [1.82, 2.24) is 10.6 Å². The van der Waals surface area contributed by atoms with Crippen molar-refractivity contribution in [3.63, 3.8) is 0 Å². The number of aliphatic imine (C=N–C) groups is 1. The summed E-state index contributed by atoms with van der Waals surface area (Å²) in [5.41, 5.74) is 9.36. The zero-order valence-corrected chi connectivity index (χ0v) is 18.5. The monoisotopic (exact) mass is 374 g/mol. The van der Waals surface area contributed by atoms with Crippen LogP contribution < -0.4 is 16.4 Å². The standard InChI is InChI=1S/C23H42N4/c1-7-22(3,4)13-14-23(5,6)15-16-26-21(24)27-18-25-17-20-10-8-9-19(2)11-12-20/h9-12,25H,7-8,13-18H2,1-6H3,(H3,24,26,27). The average Bonchev–Trinajstić information content (AvgIpc) is 2.81. The fourth-order valence-corrected chi connectivity index (χ4v) is 2.81. The number of allylic oxidation sites excluding steroid dienone is 4. The highest BCUT2D eigenvalue weighted by molar-refractivity contribution is 5.77. The molecule has 0 aliphatic heterocycles. The molecule has 0 heterocycles. The third-order valence-electron chi connectivity index (χ3n) is 5.61. The van der Waals surface area contributed by atoms with Gasteiger partial charge in [-0.05, 0) is 49.0 Å². The van der Waals surface area contributed by atoms with Gasteiger partial charge < -0.3 is 11.1 Å². The second kappa shape index (κ2) is 11.3. The minimum absolute atomic E-state index is 0.322. The van der Waals surface area contributed by atoms with Crippen LogP contribution in [0.4, 0.5) is 0 Å². The fourth-order valence-electron chi connectivity index (χ4n) is 2.81. The summed E-state index contributed by atoms with van der Waals surface area (Å²) in [6.45, 7) is 16.0. The highest BCUT2D eigenvalue weighted by Crippen LogP contribution is 2.34. The Morgan fingerprint density at radius 2 is 1.78 bits per heavy atom. The molecule has 1 rings (SSSR count). The van der Waals surface area contributed by atoms with Gasteiger partial charge in [-0.25, -0.2) is 4.99 Å². The summed E-state index contributed by atoms with van der Waals surface area (Å²) < 4.78 is 0. The van der Waals surface area contributed by atoms with E-state index in [1.807, 2.05) is 0 Å². The first-order valence-corrected chi connectivity index (χ1v) is 10.4. The number of nitrogens with zero attached hydrogens (tertiary/aromatic N) is 1. The molecule has 0 saturated heterocycles. The fraction of sp³-hybridized carbons (Fsp3) is 0.696. The Morgan fingerprint density at radius 3 is 2.48 bits per heavy atom. The largest absolute Gasteiger partial charge is 0.370 e. The van der Waals surface area contributed by atoms with Crippen LogP contribution >= 0.6 is 0 Å². The van der Waals surface area contributed by atoms with E-state index >= 15 is 0 Å². The van der Waals surface area contributed by atoms with Gasteiger partial charge in [0.05, 0.1) is 6.67 Å². The van der Waals surface area contributed by atoms with E-state index in [0.717, 1.165) is 25.9 Å². The Morgan fingerprint density at radius 1 is 1.07 bits per heavy atom. The van der Waals surface area contributed by atoms with E-state index in [-0.39, 0.29) is 0 Å². The van der Waals surface area contributed by atoms with Crippen LogP contribution in [0.2, 0.25) is 0 Å². The van der Waals surface area contributed by atoms with E-state index < -0.39 is 0 Å². The number of guanidine groups is 1. The number of nitrogens with one attached hydrogen (secondary N) is 2. The van der Waals surface area contributed by atoms with Crippen LogP contribution in [0.3, 0.4) is 0 Å². The lowest BCUT2D eigenvalue weighted by atomic mass is 9.76. The molecular weight excluding hydrogens is 332 g/mol. The van der Waals surface area contributed by atoms with Gasteiger partial charge in [0.25, 0.3) is 0 Å². The van der Waals surface area contributed by atoms with Crippen LogP contribution in [-0.2, 0) is 0 Å². The molecule has 0 bridgehead atoms. The maximum absolute atomic E-state index is 5.99. The van der Waals surface area contributed by atoms with Crippen LogP contribution in [-0.4, -0.2) is 25.7 Å². The lowest BCUT2D eigenvalue weighted by Gasteiger charge is -2.30. The Labute approximate surface area is 167 Å². The third-order valence-corrected chi connectivity index (χ3v) is 5.61. The second-order valence-corrected chi connectivity index (χ2v) is 9.28. The van der Waals surface area contributed by atoms with Gasteiger partial charge in [-0.15, -0.1) is 0 Å². The second-order valence-electron chi connectivity index (χ2n) is 9.28. The van der Waals surface area contributed by atoms with Crippen LogP contribution in [0.25, 0.3) is 0 Å². The molecule has 0 aromatic rings. The van der Waals surface area contributed by atoms with Crippen LogP contribution in [0, 0.1) is 10.8 Å². The molecule has 0 saturated carbocycles. The summed E-state index contributed by atoms with van der Waals surface area (Å²) in [5.74, 6) is 0.523. The molecular formula is C23H42N4. The van der Waals surface area contributed by atoms with E-state index in [0.29, 0.717) is 23.5 Å². The maximum Gasteiger partial charge on any atom is 0.189 e. The van der Waals surface area contributed by atoms with E-state index in [1.165, 1.54) is 30.4 Å². The summed E-state index contributed by atoms with van der Waals surface area (Å²) in [5, 5.41) is 6.58. The van der Waals surface area contributed by atoms with Crippen molar-refractivity contribution in [3.8, 4) is 0 Å². The van der Waals surface area contributed by atoms with Crippen LogP contribution in [0.15, 0.2) is 40.4 Å². The van der Waals surface area contributed by atoms with Gasteiger partial charge in [0.2, 0.25) is 0 Å². The molecule has 154 valence electrons. The zero-order chi connectivity index (χ0) is 20.3. The quantitative estimate of drug-likeness (QED) is 0.274.